The summed E-state index contributed by atoms with van der Waals surface area (Å²) in [6.45, 7) is 4.29. The van der Waals surface area contributed by atoms with Crippen molar-refractivity contribution < 1.29 is 14.4 Å². The molecule has 1 N–H and O–H groups in total. The molecule has 21 heavy (non-hydrogen) atoms. The van der Waals surface area contributed by atoms with E-state index in [1.54, 1.807) is 7.05 Å². The van der Waals surface area contributed by atoms with Crippen LogP contribution in [0, 0.1) is 0 Å². The lowest BCUT2D eigenvalue weighted by Gasteiger charge is -2.36. The van der Waals surface area contributed by atoms with Gasteiger partial charge in [-0.1, -0.05) is 25.1 Å². The molecule has 1 saturated heterocycles. The van der Waals surface area contributed by atoms with E-state index in [2.05, 4.69) is 17.2 Å². The summed E-state index contributed by atoms with van der Waals surface area (Å²) in [7, 11) is 1.62. The number of Topliss-reactive ketones (excluding diaryl/α,β-unsaturated/α-hetero) is 1. The Hall–Kier alpha value is -1.57. The van der Waals surface area contributed by atoms with Crippen LogP contribution in [0.3, 0.4) is 0 Å². The van der Waals surface area contributed by atoms with Gasteiger partial charge in [-0.15, -0.1) is 0 Å². The topological polar surface area (TPSA) is 82.1 Å². The first kappa shape index (κ1) is 15.8. The number of likely N-dealkylation sites (N-methyl/N-ethyl adjacent to an activating group) is 1. The average molecular weight is 312 g/mol. The van der Waals surface area contributed by atoms with Crippen molar-refractivity contribution in [1.82, 2.24) is 15.1 Å². The van der Waals surface area contributed by atoms with E-state index >= 15 is 0 Å². The second-order valence-electron chi connectivity index (χ2n) is 5.21. The molecule has 0 spiro atoms. The lowest BCUT2D eigenvalue weighted by Crippen LogP contribution is -2.63. The van der Waals surface area contributed by atoms with Crippen LogP contribution in [0.4, 0.5) is 4.79 Å². The van der Waals surface area contributed by atoms with Crippen molar-refractivity contribution in [2.24, 2.45) is 4.99 Å². The summed E-state index contributed by atoms with van der Waals surface area (Å²) in [4.78, 5) is 42.9. The molecule has 116 valence electrons. The van der Waals surface area contributed by atoms with Crippen LogP contribution in [0.15, 0.2) is 4.99 Å². The smallest absolute Gasteiger partial charge is 0.325 e. The molecule has 2 unspecified atom stereocenters. The first-order valence-electron chi connectivity index (χ1n) is 7.00. The fraction of sp³-hybridized carbons (Fsp3) is 0.692. The van der Waals surface area contributed by atoms with Crippen LogP contribution in [0.2, 0.25) is 0 Å². The minimum Gasteiger partial charge on any atom is -0.336 e. The lowest BCUT2D eigenvalue weighted by molar-refractivity contribution is -0.127. The molecule has 0 aromatic heterocycles. The van der Waals surface area contributed by atoms with Gasteiger partial charge < -0.3 is 9.80 Å². The Bertz CT molecular complexity index is 494. The number of nitrogens with one attached hydrogen (secondary N) is 1. The number of amidine groups is 1. The number of carbonyl (C=O) groups is 3. The molecule has 2 atom stereocenters. The van der Waals surface area contributed by atoms with Crippen molar-refractivity contribution >= 4 is 34.7 Å². The third-order valence-corrected chi connectivity index (χ3v) is 4.63. The molecule has 2 aliphatic heterocycles. The highest BCUT2D eigenvalue weighted by atomic mass is 32.2. The van der Waals surface area contributed by atoms with Crippen molar-refractivity contribution in [3.63, 3.8) is 0 Å². The fourth-order valence-electron chi connectivity index (χ4n) is 2.35. The van der Waals surface area contributed by atoms with Crippen LogP contribution >= 0.6 is 11.8 Å². The molecular weight excluding hydrogens is 292 g/mol. The Balaban J connectivity index is 2.22. The zero-order valence-corrected chi connectivity index (χ0v) is 13.3. The predicted molar refractivity (Wildman–Crippen MR) is 81.1 cm³/mol. The zero-order valence-electron chi connectivity index (χ0n) is 12.5. The maximum absolute atomic E-state index is 12.1. The SMILES string of the molecule is CCCCN1C(SCC(C)=O)=NC2C1C(=O)NC(=O)N2C. The summed E-state index contributed by atoms with van der Waals surface area (Å²) in [6.07, 6.45) is 1.42. The highest BCUT2D eigenvalue weighted by Gasteiger charge is 2.48. The molecular formula is C13H20N4O3S. The van der Waals surface area contributed by atoms with E-state index < -0.39 is 18.2 Å². The van der Waals surface area contributed by atoms with Gasteiger partial charge in [-0.05, 0) is 13.3 Å². The van der Waals surface area contributed by atoms with Crippen molar-refractivity contribution in [3.8, 4) is 0 Å². The number of unbranched alkanes of at least 4 members (excludes halogenated alkanes) is 1. The first-order chi connectivity index (χ1) is 9.95. The van der Waals surface area contributed by atoms with Crippen molar-refractivity contribution in [3.05, 3.63) is 0 Å². The maximum atomic E-state index is 12.1. The van der Waals surface area contributed by atoms with E-state index in [4.69, 9.17) is 0 Å². The molecule has 2 aliphatic rings. The Morgan fingerprint density at radius 2 is 2.14 bits per heavy atom. The van der Waals surface area contributed by atoms with E-state index in [-0.39, 0.29) is 11.7 Å². The number of carbonyl (C=O) groups excluding carboxylic acids is 3. The molecule has 0 aromatic carbocycles. The van der Waals surface area contributed by atoms with Crippen LogP contribution in [-0.4, -0.2) is 64.2 Å². The Labute approximate surface area is 128 Å². The van der Waals surface area contributed by atoms with E-state index in [1.807, 2.05) is 4.90 Å². The van der Waals surface area contributed by atoms with Crippen LogP contribution in [-0.2, 0) is 9.59 Å². The van der Waals surface area contributed by atoms with Gasteiger partial charge in [0.25, 0.3) is 5.91 Å². The summed E-state index contributed by atoms with van der Waals surface area (Å²) < 4.78 is 0. The van der Waals surface area contributed by atoms with Gasteiger partial charge in [0.1, 0.15) is 5.78 Å². The summed E-state index contributed by atoms with van der Waals surface area (Å²) in [6, 6.07) is -0.924. The molecule has 0 bridgehead atoms. The predicted octanol–water partition coefficient (Wildman–Crippen LogP) is 0.657. The third-order valence-electron chi connectivity index (χ3n) is 3.48. The number of hydrogen-bond donors (Lipinski definition) is 1. The number of thioether (sulfide) groups is 1. The van der Waals surface area contributed by atoms with Crippen LogP contribution in [0.25, 0.3) is 0 Å². The minimum atomic E-state index is -0.502. The second kappa shape index (κ2) is 6.46. The van der Waals surface area contributed by atoms with E-state index in [0.29, 0.717) is 17.5 Å². The number of rotatable bonds is 5. The van der Waals surface area contributed by atoms with Crippen LogP contribution in [0.5, 0.6) is 0 Å². The van der Waals surface area contributed by atoms with Crippen LogP contribution in [0.1, 0.15) is 26.7 Å². The minimum absolute atomic E-state index is 0.0573. The average Bonchev–Trinajstić information content (AvgIpc) is 2.79. The number of ketones is 1. The van der Waals surface area contributed by atoms with Gasteiger partial charge in [0.2, 0.25) is 0 Å². The van der Waals surface area contributed by atoms with Gasteiger partial charge in [0.05, 0.1) is 5.75 Å². The summed E-state index contributed by atoms with van der Waals surface area (Å²) in [5.74, 6) is 0.0588. The van der Waals surface area contributed by atoms with Crippen LogP contribution < -0.4 is 5.32 Å². The van der Waals surface area contributed by atoms with Gasteiger partial charge in [-0.25, -0.2) is 9.79 Å². The van der Waals surface area contributed by atoms with E-state index in [0.717, 1.165) is 12.8 Å². The molecule has 8 heteroatoms. The summed E-state index contributed by atoms with van der Waals surface area (Å²) in [5, 5.41) is 3.02. The molecule has 2 rings (SSSR count). The molecule has 1 fully saturated rings. The number of aliphatic imine (C=N–C) groups is 1. The largest absolute Gasteiger partial charge is 0.336 e. The number of urea groups is 1. The van der Waals surface area contributed by atoms with E-state index in [1.165, 1.54) is 23.6 Å². The number of amides is 3. The number of fused-ring (bicyclic) bond motifs is 1. The summed E-state index contributed by atoms with van der Waals surface area (Å²) >= 11 is 1.33. The first-order valence-corrected chi connectivity index (χ1v) is 7.98. The molecule has 7 nitrogen and oxygen atoms in total. The second-order valence-corrected chi connectivity index (χ2v) is 6.16. The van der Waals surface area contributed by atoms with Gasteiger partial charge >= 0.3 is 6.03 Å². The zero-order chi connectivity index (χ0) is 15.6. The molecule has 0 aromatic rings. The van der Waals surface area contributed by atoms with E-state index in [9.17, 15) is 14.4 Å². The fourth-order valence-corrected chi connectivity index (χ4v) is 3.24. The normalized spacial score (nSPS) is 24.8. The highest BCUT2D eigenvalue weighted by molar-refractivity contribution is 8.14. The van der Waals surface area contributed by atoms with Crippen molar-refractivity contribution in [2.45, 2.75) is 38.9 Å². The molecule has 3 amide bonds. The maximum Gasteiger partial charge on any atom is 0.325 e. The van der Waals surface area contributed by atoms with Gasteiger partial charge in [-0.2, -0.15) is 0 Å². The molecule has 0 saturated carbocycles. The van der Waals surface area contributed by atoms with Gasteiger partial charge in [0.15, 0.2) is 17.4 Å². The van der Waals surface area contributed by atoms with Gasteiger partial charge in [-0.3, -0.25) is 14.9 Å². The molecule has 2 heterocycles. The lowest BCUT2D eigenvalue weighted by atomic mass is 10.1. The molecule has 0 radical (unpaired) electrons. The monoisotopic (exact) mass is 312 g/mol. The standard InChI is InChI=1S/C13H20N4O3S/c1-4-5-6-17-9-10(14-13(17)21-7-8(2)18)16(3)12(20)15-11(9)19/h9-10H,4-7H2,1-3H3,(H,15,19,20). The Morgan fingerprint density at radius 1 is 1.43 bits per heavy atom. The van der Waals surface area contributed by atoms with Gasteiger partial charge in [0, 0.05) is 13.6 Å². The van der Waals surface area contributed by atoms with Crippen molar-refractivity contribution in [1.29, 1.82) is 0 Å². The quantitative estimate of drug-likeness (QED) is 0.806. The summed E-state index contributed by atoms with van der Waals surface area (Å²) in [5.41, 5.74) is 0. The Kier molecular flexibility index (Phi) is 4.87. The van der Waals surface area contributed by atoms with Crippen molar-refractivity contribution in [2.75, 3.05) is 19.3 Å². The molecule has 0 aliphatic carbocycles. The Morgan fingerprint density at radius 3 is 2.76 bits per heavy atom. The number of nitrogens with zero attached hydrogens (tertiary/aromatic N) is 3. The third kappa shape index (κ3) is 3.20. The highest BCUT2D eigenvalue weighted by Crippen LogP contribution is 2.28. The number of imide groups is 1. The number of hydrogen-bond acceptors (Lipinski definition) is 6.